The summed E-state index contributed by atoms with van der Waals surface area (Å²) in [5, 5.41) is 13.3. The van der Waals surface area contributed by atoms with Crippen LogP contribution in [0.15, 0.2) is 18.2 Å². The summed E-state index contributed by atoms with van der Waals surface area (Å²) in [7, 11) is 0. The van der Waals surface area contributed by atoms with Crippen molar-refractivity contribution >= 4 is 0 Å². The predicted octanol–water partition coefficient (Wildman–Crippen LogP) is 3.64. The van der Waals surface area contributed by atoms with E-state index in [0.717, 1.165) is 12.1 Å². The summed E-state index contributed by atoms with van der Waals surface area (Å²) in [4.78, 5) is 0. The van der Waals surface area contributed by atoms with Crippen LogP contribution in [0, 0.1) is 18.8 Å². The van der Waals surface area contributed by atoms with E-state index in [9.17, 15) is 5.11 Å². The number of aryl methyl sites for hydroxylation is 1. The van der Waals surface area contributed by atoms with E-state index in [1.54, 1.807) is 6.07 Å². The van der Waals surface area contributed by atoms with Crippen LogP contribution in [0.2, 0.25) is 0 Å². The van der Waals surface area contributed by atoms with Crippen LogP contribution in [0.3, 0.4) is 0 Å². The molecule has 17 heavy (non-hydrogen) atoms. The van der Waals surface area contributed by atoms with Crippen LogP contribution >= 0.6 is 0 Å². The third-order valence-electron chi connectivity index (χ3n) is 3.53. The van der Waals surface area contributed by atoms with Crippen molar-refractivity contribution in [2.24, 2.45) is 11.8 Å². The third kappa shape index (κ3) is 4.04. The molecule has 0 aromatic heterocycles. The highest BCUT2D eigenvalue weighted by molar-refractivity contribution is 5.37. The van der Waals surface area contributed by atoms with E-state index < -0.39 is 0 Å². The van der Waals surface area contributed by atoms with Gasteiger partial charge in [0.25, 0.3) is 0 Å². The molecular weight excluding hydrogens is 210 g/mol. The van der Waals surface area contributed by atoms with Crippen LogP contribution < -0.4 is 5.32 Å². The fourth-order valence-electron chi connectivity index (χ4n) is 1.73. The molecule has 0 aliphatic rings. The van der Waals surface area contributed by atoms with Gasteiger partial charge in [-0.2, -0.15) is 0 Å². The number of hydrogen-bond acceptors (Lipinski definition) is 2. The molecule has 2 heteroatoms. The van der Waals surface area contributed by atoms with Crippen LogP contribution in [-0.2, 0) is 0 Å². The molecule has 2 nitrogen and oxygen atoms in total. The molecule has 0 saturated carbocycles. The first kappa shape index (κ1) is 14.0. The van der Waals surface area contributed by atoms with Gasteiger partial charge in [-0.3, -0.25) is 0 Å². The molecule has 0 fully saturated rings. The lowest BCUT2D eigenvalue weighted by molar-refractivity contribution is 0.371. The van der Waals surface area contributed by atoms with Crippen molar-refractivity contribution < 1.29 is 5.11 Å². The van der Waals surface area contributed by atoms with Gasteiger partial charge in [-0.05, 0) is 38.3 Å². The second kappa shape index (κ2) is 6.06. The van der Waals surface area contributed by atoms with Crippen molar-refractivity contribution in [1.29, 1.82) is 0 Å². The molecule has 2 atom stereocenters. The maximum absolute atomic E-state index is 9.84. The van der Waals surface area contributed by atoms with E-state index in [2.05, 4.69) is 33.0 Å². The molecule has 2 N–H and O–H groups in total. The van der Waals surface area contributed by atoms with Gasteiger partial charge in [0, 0.05) is 11.6 Å². The minimum absolute atomic E-state index is 0.191. The van der Waals surface area contributed by atoms with Crippen molar-refractivity contribution in [2.75, 3.05) is 6.54 Å². The van der Waals surface area contributed by atoms with E-state index in [4.69, 9.17) is 0 Å². The summed E-state index contributed by atoms with van der Waals surface area (Å²) in [6.07, 6.45) is 0. The Kier molecular flexibility index (Phi) is 5.01. The van der Waals surface area contributed by atoms with Crippen molar-refractivity contribution in [2.45, 2.75) is 40.7 Å². The summed E-state index contributed by atoms with van der Waals surface area (Å²) < 4.78 is 0. The van der Waals surface area contributed by atoms with Gasteiger partial charge in [-0.15, -0.1) is 0 Å². The Labute approximate surface area is 105 Å². The number of phenolic OH excluding ortho intramolecular Hbond substituents is 1. The summed E-state index contributed by atoms with van der Waals surface area (Å²) in [5.41, 5.74) is 2.17. The predicted molar refractivity (Wildman–Crippen MR) is 73.3 cm³/mol. The highest BCUT2D eigenvalue weighted by Gasteiger charge is 2.13. The first-order chi connectivity index (χ1) is 7.91. The summed E-state index contributed by atoms with van der Waals surface area (Å²) in [6, 6.07) is 5.94. The lowest BCUT2D eigenvalue weighted by Gasteiger charge is -2.21. The zero-order valence-corrected chi connectivity index (χ0v) is 11.6. The van der Waals surface area contributed by atoms with E-state index in [1.807, 2.05) is 19.1 Å². The smallest absolute Gasteiger partial charge is 0.120 e. The van der Waals surface area contributed by atoms with Gasteiger partial charge in [0.05, 0.1) is 0 Å². The van der Waals surface area contributed by atoms with Crippen LogP contribution in [0.4, 0.5) is 0 Å². The number of hydrogen-bond donors (Lipinski definition) is 2. The standard InChI is InChI=1S/C15H25NO/c1-10(2)12(4)9-16-13(5)14-8-11(3)6-7-15(14)17/h6-8,10,12-13,16-17H,9H2,1-5H3. The topological polar surface area (TPSA) is 32.3 Å². The number of benzene rings is 1. The largest absolute Gasteiger partial charge is 0.508 e. The molecule has 0 aliphatic heterocycles. The van der Waals surface area contributed by atoms with Crippen molar-refractivity contribution in [3.63, 3.8) is 0 Å². The van der Waals surface area contributed by atoms with Gasteiger partial charge in [-0.1, -0.05) is 38.5 Å². The van der Waals surface area contributed by atoms with Crippen LogP contribution in [0.5, 0.6) is 5.75 Å². The van der Waals surface area contributed by atoms with Gasteiger partial charge in [0.2, 0.25) is 0 Å². The Morgan fingerprint density at radius 1 is 1.18 bits per heavy atom. The van der Waals surface area contributed by atoms with Gasteiger partial charge < -0.3 is 10.4 Å². The highest BCUT2D eigenvalue weighted by atomic mass is 16.3. The fraction of sp³-hybridized carbons (Fsp3) is 0.600. The second-order valence-electron chi connectivity index (χ2n) is 5.41. The lowest BCUT2D eigenvalue weighted by atomic mass is 9.97. The van der Waals surface area contributed by atoms with Crippen LogP contribution in [0.1, 0.15) is 44.9 Å². The van der Waals surface area contributed by atoms with E-state index in [0.29, 0.717) is 17.6 Å². The molecule has 0 radical (unpaired) electrons. The van der Waals surface area contributed by atoms with Crippen LogP contribution in [-0.4, -0.2) is 11.7 Å². The Hall–Kier alpha value is -1.02. The van der Waals surface area contributed by atoms with Crippen molar-refractivity contribution in [1.82, 2.24) is 5.32 Å². The molecule has 0 saturated heterocycles. The number of nitrogens with one attached hydrogen (secondary N) is 1. The molecule has 0 spiro atoms. The fourth-order valence-corrected chi connectivity index (χ4v) is 1.73. The van der Waals surface area contributed by atoms with Crippen LogP contribution in [0.25, 0.3) is 0 Å². The van der Waals surface area contributed by atoms with E-state index in [-0.39, 0.29) is 6.04 Å². The second-order valence-corrected chi connectivity index (χ2v) is 5.41. The SMILES string of the molecule is Cc1ccc(O)c(C(C)NCC(C)C(C)C)c1. The number of rotatable bonds is 5. The molecule has 1 aromatic rings. The van der Waals surface area contributed by atoms with Crippen molar-refractivity contribution in [3.05, 3.63) is 29.3 Å². The minimum Gasteiger partial charge on any atom is -0.508 e. The number of aromatic hydroxyl groups is 1. The Morgan fingerprint density at radius 3 is 2.41 bits per heavy atom. The molecule has 0 bridgehead atoms. The molecule has 1 aromatic carbocycles. The quantitative estimate of drug-likeness (QED) is 0.816. The summed E-state index contributed by atoms with van der Waals surface area (Å²) in [6.45, 7) is 11.9. The zero-order chi connectivity index (χ0) is 13.0. The number of phenols is 1. The molecule has 2 unspecified atom stereocenters. The Morgan fingerprint density at radius 2 is 1.82 bits per heavy atom. The Balaban J connectivity index is 2.63. The molecule has 0 heterocycles. The average molecular weight is 235 g/mol. The molecule has 0 aliphatic carbocycles. The summed E-state index contributed by atoms with van der Waals surface area (Å²) >= 11 is 0. The average Bonchev–Trinajstić information content (AvgIpc) is 2.28. The minimum atomic E-state index is 0.191. The first-order valence-electron chi connectivity index (χ1n) is 6.44. The first-order valence-corrected chi connectivity index (χ1v) is 6.44. The lowest BCUT2D eigenvalue weighted by Crippen LogP contribution is -2.26. The maximum atomic E-state index is 9.84. The normalized spacial score (nSPS) is 14.9. The third-order valence-corrected chi connectivity index (χ3v) is 3.53. The van der Waals surface area contributed by atoms with Gasteiger partial charge in [0.15, 0.2) is 0 Å². The summed E-state index contributed by atoms with van der Waals surface area (Å²) in [5.74, 6) is 1.71. The van der Waals surface area contributed by atoms with Gasteiger partial charge in [0.1, 0.15) is 5.75 Å². The molecule has 1 rings (SSSR count). The van der Waals surface area contributed by atoms with Crippen molar-refractivity contribution in [3.8, 4) is 5.75 Å². The maximum Gasteiger partial charge on any atom is 0.120 e. The zero-order valence-electron chi connectivity index (χ0n) is 11.6. The van der Waals surface area contributed by atoms with Gasteiger partial charge >= 0.3 is 0 Å². The molecule has 0 amide bonds. The Bertz CT molecular complexity index is 360. The van der Waals surface area contributed by atoms with Gasteiger partial charge in [-0.25, -0.2) is 0 Å². The van der Waals surface area contributed by atoms with E-state index in [1.165, 1.54) is 5.56 Å². The monoisotopic (exact) mass is 235 g/mol. The van der Waals surface area contributed by atoms with E-state index >= 15 is 0 Å². The molecular formula is C15H25NO. The molecule has 96 valence electrons. The highest BCUT2D eigenvalue weighted by Crippen LogP contribution is 2.25.